The third kappa shape index (κ3) is 2.01. The van der Waals surface area contributed by atoms with Gasteiger partial charge in [-0.2, -0.15) is 9.61 Å². The van der Waals surface area contributed by atoms with E-state index in [0.717, 1.165) is 18.5 Å². The molecule has 6 heteroatoms. The van der Waals surface area contributed by atoms with Gasteiger partial charge >= 0.3 is 5.97 Å². The van der Waals surface area contributed by atoms with Gasteiger partial charge in [0.15, 0.2) is 0 Å². The summed E-state index contributed by atoms with van der Waals surface area (Å²) in [7, 11) is 0. The fourth-order valence-corrected chi connectivity index (χ4v) is 2.74. The van der Waals surface area contributed by atoms with Gasteiger partial charge in [0.25, 0.3) is 5.56 Å². The molecule has 0 saturated heterocycles. The Labute approximate surface area is 115 Å². The lowest BCUT2D eigenvalue weighted by molar-refractivity contribution is -0.136. The molecule has 0 aliphatic heterocycles. The van der Waals surface area contributed by atoms with Crippen molar-refractivity contribution in [3.63, 3.8) is 0 Å². The zero-order valence-electron chi connectivity index (χ0n) is 11.4. The third-order valence-electron chi connectivity index (χ3n) is 4.00. The molecule has 0 radical (unpaired) electrons. The van der Waals surface area contributed by atoms with Crippen molar-refractivity contribution >= 4 is 11.6 Å². The van der Waals surface area contributed by atoms with Gasteiger partial charge in [0, 0.05) is 30.3 Å². The number of fused-ring (bicyclic) bond motifs is 1. The average Bonchev–Trinajstić information content (AvgIpc) is 2.71. The standard InChI is InChI=1S/C14H17N3O3/c1-2-16-10(7-14(19)20)6-13(18)17-12(16)8-11(15-17)9-4-3-5-9/h6,8-9H,2-5,7H2,1H3,(H,19,20). The van der Waals surface area contributed by atoms with Crippen molar-refractivity contribution in [2.75, 3.05) is 0 Å². The molecular formula is C14H17N3O3. The predicted molar refractivity (Wildman–Crippen MR) is 73.1 cm³/mol. The molecule has 1 fully saturated rings. The molecule has 0 spiro atoms. The molecule has 6 nitrogen and oxygen atoms in total. The van der Waals surface area contributed by atoms with Gasteiger partial charge in [-0.05, 0) is 19.8 Å². The van der Waals surface area contributed by atoms with Crippen molar-refractivity contribution in [2.24, 2.45) is 0 Å². The molecule has 1 saturated carbocycles. The van der Waals surface area contributed by atoms with Crippen LogP contribution in [0.4, 0.5) is 0 Å². The molecule has 106 valence electrons. The van der Waals surface area contributed by atoms with Gasteiger partial charge in [0.05, 0.1) is 12.1 Å². The molecule has 3 rings (SSSR count). The highest BCUT2D eigenvalue weighted by Crippen LogP contribution is 2.35. The summed E-state index contributed by atoms with van der Waals surface area (Å²) in [5, 5.41) is 13.4. The first-order valence-electron chi connectivity index (χ1n) is 6.94. The van der Waals surface area contributed by atoms with Crippen molar-refractivity contribution in [1.82, 2.24) is 14.2 Å². The molecule has 0 unspecified atom stereocenters. The monoisotopic (exact) mass is 275 g/mol. The molecule has 20 heavy (non-hydrogen) atoms. The van der Waals surface area contributed by atoms with Crippen LogP contribution in [-0.2, 0) is 17.8 Å². The molecule has 1 aliphatic carbocycles. The van der Waals surface area contributed by atoms with E-state index in [4.69, 9.17) is 5.11 Å². The minimum Gasteiger partial charge on any atom is -0.481 e. The van der Waals surface area contributed by atoms with Crippen molar-refractivity contribution in [3.8, 4) is 0 Å². The minimum atomic E-state index is -0.935. The third-order valence-corrected chi connectivity index (χ3v) is 4.00. The van der Waals surface area contributed by atoms with Crippen molar-refractivity contribution in [2.45, 2.75) is 45.1 Å². The molecule has 0 atom stereocenters. The highest BCUT2D eigenvalue weighted by Gasteiger charge is 2.23. The number of carbonyl (C=O) groups is 1. The smallest absolute Gasteiger partial charge is 0.309 e. The summed E-state index contributed by atoms with van der Waals surface area (Å²) in [6.07, 6.45) is 3.29. The maximum atomic E-state index is 12.1. The van der Waals surface area contributed by atoms with Crippen LogP contribution in [0, 0.1) is 0 Å². The van der Waals surface area contributed by atoms with Crippen LogP contribution in [0.15, 0.2) is 16.9 Å². The Hall–Kier alpha value is -2.11. The van der Waals surface area contributed by atoms with Gasteiger partial charge in [-0.1, -0.05) is 6.42 Å². The highest BCUT2D eigenvalue weighted by molar-refractivity contribution is 5.70. The Bertz CT molecular complexity index is 725. The summed E-state index contributed by atoms with van der Waals surface area (Å²) in [4.78, 5) is 23.0. The summed E-state index contributed by atoms with van der Waals surface area (Å²) < 4.78 is 3.24. The zero-order chi connectivity index (χ0) is 14.3. The van der Waals surface area contributed by atoms with Crippen LogP contribution in [0.25, 0.3) is 5.65 Å². The summed E-state index contributed by atoms with van der Waals surface area (Å²) >= 11 is 0. The fraction of sp³-hybridized carbons (Fsp3) is 0.500. The first-order chi connectivity index (χ1) is 9.60. The molecule has 1 aliphatic rings. The number of nitrogens with zero attached hydrogens (tertiary/aromatic N) is 3. The second-order valence-corrected chi connectivity index (χ2v) is 5.26. The zero-order valence-corrected chi connectivity index (χ0v) is 11.4. The van der Waals surface area contributed by atoms with Gasteiger partial charge < -0.3 is 9.67 Å². The van der Waals surface area contributed by atoms with Crippen molar-refractivity contribution in [3.05, 3.63) is 33.9 Å². The topological polar surface area (TPSA) is 76.6 Å². The van der Waals surface area contributed by atoms with Gasteiger partial charge in [-0.15, -0.1) is 0 Å². The lowest BCUT2D eigenvalue weighted by Crippen LogP contribution is -2.22. The lowest BCUT2D eigenvalue weighted by atomic mass is 9.83. The Kier molecular flexibility index (Phi) is 3.08. The first kappa shape index (κ1) is 12.9. The second kappa shape index (κ2) is 4.77. The van der Waals surface area contributed by atoms with Crippen molar-refractivity contribution in [1.29, 1.82) is 0 Å². The quantitative estimate of drug-likeness (QED) is 0.915. The highest BCUT2D eigenvalue weighted by atomic mass is 16.4. The Morgan fingerprint density at radius 1 is 1.45 bits per heavy atom. The summed E-state index contributed by atoms with van der Waals surface area (Å²) in [5.74, 6) is -0.489. The maximum Gasteiger partial charge on any atom is 0.309 e. The molecular weight excluding hydrogens is 258 g/mol. The van der Waals surface area contributed by atoms with E-state index in [0.29, 0.717) is 23.8 Å². The van der Waals surface area contributed by atoms with E-state index in [1.54, 1.807) is 0 Å². The molecule has 2 heterocycles. The van der Waals surface area contributed by atoms with Crippen LogP contribution in [0.1, 0.15) is 43.5 Å². The van der Waals surface area contributed by atoms with Crippen LogP contribution in [0.2, 0.25) is 0 Å². The van der Waals surface area contributed by atoms with E-state index in [1.165, 1.54) is 17.0 Å². The van der Waals surface area contributed by atoms with Gasteiger partial charge in [0.1, 0.15) is 5.65 Å². The van der Waals surface area contributed by atoms with Crippen LogP contribution in [0.3, 0.4) is 0 Å². The van der Waals surface area contributed by atoms with E-state index in [9.17, 15) is 9.59 Å². The number of aryl methyl sites for hydroxylation is 1. The fourth-order valence-electron chi connectivity index (χ4n) is 2.74. The number of aromatic nitrogens is 3. The largest absolute Gasteiger partial charge is 0.481 e. The first-order valence-corrected chi connectivity index (χ1v) is 6.94. The van der Waals surface area contributed by atoms with Gasteiger partial charge in [0.2, 0.25) is 0 Å². The number of carboxylic acids is 1. The molecule has 0 amide bonds. The average molecular weight is 275 g/mol. The number of aliphatic carboxylic acids is 1. The van der Waals surface area contributed by atoms with Crippen LogP contribution in [0.5, 0.6) is 0 Å². The minimum absolute atomic E-state index is 0.149. The van der Waals surface area contributed by atoms with Crippen molar-refractivity contribution < 1.29 is 9.90 Å². The van der Waals surface area contributed by atoms with E-state index in [1.807, 2.05) is 17.6 Å². The Morgan fingerprint density at radius 3 is 2.75 bits per heavy atom. The summed E-state index contributed by atoms with van der Waals surface area (Å²) in [5.41, 5.74) is 1.91. The van der Waals surface area contributed by atoms with E-state index in [-0.39, 0.29) is 12.0 Å². The molecule has 2 aromatic heterocycles. The number of carboxylic acid groups (broad SMARTS) is 1. The summed E-state index contributed by atoms with van der Waals surface area (Å²) in [6, 6.07) is 3.31. The molecule has 0 aromatic carbocycles. The molecule has 0 bridgehead atoms. The number of hydrogen-bond acceptors (Lipinski definition) is 3. The molecule has 1 N–H and O–H groups in total. The number of rotatable bonds is 4. The Morgan fingerprint density at radius 2 is 2.20 bits per heavy atom. The van der Waals surface area contributed by atoms with E-state index < -0.39 is 5.97 Å². The van der Waals surface area contributed by atoms with Gasteiger partial charge in [-0.3, -0.25) is 9.59 Å². The van der Waals surface area contributed by atoms with Crippen LogP contribution in [-0.4, -0.2) is 25.3 Å². The lowest BCUT2D eigenvalue weighted by Gasteiger charge is -2.22. The van der Waals surface area contributed by atoms with Crippen LogP contribution >= 0.6 is 0 Å². The van der Waals surface area contributed by atoms with Gasteiger partial charge in [-0.25, -0.2) is 0 Å². The summed E-state index contributed by atoms with van der Waals surface area (Å²) in [6.45, 7) is 2.55. The maximum absolute atomic E-state index is 12.1. The van der Waals surface area contributed by atoms with Crippen LogP contribution < -0.4 is 5.56 Å². The normalized spacial score (nSPS) is 15.4. The van der Waals surface area contributed by atoms with E-state index >= 15 is 0 Å². The predicted octanol–water partition coefficient (Wildman–Crippen LogP) is 1.41. The second-order valence-electron chi connectivity index (χ2n) is 5.26. The SMILES string of the molecule is CCn1c(CC(=O)O)cc(=O)n2nc(C3CCC3)cc12. The van der Waals surface area contributed by atoms with E-state index in [2.05, 4.69) is 5.10 Å². The molecule has 2 aromatic rings. The Balaban J connectivity index is 2.18. The number of hydrogen-bond donors (Lipinski definition) is 1.